The second-order valence-corrected chi connectivity index (χ2v) is 13.1. The van der Waals surface area contributed by atoms with Crippen molar-refractivity contribution >= 4 is 66.0 Å². The molecule has 0 fully saturated rings. The highest BCUT2D eigenvalue weighted by molar-refractivity contribution is 6.29. The lowest BCUT2D eigenvalue weighted by atomic mass is 9.82. The van der Waals surface area contributed by atoms with Crippen LogP contribution >= 0.6 is 0 Å². The summed E-state index contributed by atoms with van der Waals surface area (Å²) in [6, 6.07) is 53.9. The Balaban J connectivity index is 1.19. The van der Waals surface area contributed by atoms with E-state index in [1.54, 1.807) is 0 Å². The molecule has 0 saturated heterocycles. The third-order valence-corrected chi connectivity index (χ3v) is 10.7. The molecular formula is C46H28O. The predicted octanol–water partition coefficient (Wildman–Crippen LogP) is 10.3. The Bertz CT molecular complexity index is 2820. The molecule has 9 aromatic rings. The van der Waals surface area contributed by atoms with E-state index in [1.165, 1.54) is 92.1 Å². The van der Waals surface area contributed by atoms with Gasteiger partial charge in [0.2, 0.25) is 0 Å². The average molecular weight is 597 g/mol. The first-order valence-corrected chi connectivity index (χ1v) is 16.5. The van der Waals surface area contributed by atoms with Crippen molar-refractivity contribution in [3.05, 3.63) is 162 Å². The van der Waals surface area contributed by atoms with Crippen LogP contribution in [-0.2, 0) is 0 Å². The molecule has 0 N–H and O–H groups in total. The molecule has 9 aromatic carbocycles. The van der Waals surface area contributed by atoms with Crippen LogP contribution in [0.15, 0.2) is 146 Å². The van der Waals surface area contributed by atoms with Crippen LogP contribution in [0.3, 0.4) is 0 Å². The molecule has 0 radical (unpaired) electrons. The van der Waals surface area contributed by atoms with E-state index in [2.05, 4.69) is 158 Å². The van der Waals surface area contributed by atoms with Gasteiger partial charge in [0, 0.05) is 11.5 Å². The lowest BCUT2D eigenvalue weighted by Crippen LogP contribution is -2.34. The van der Waals surface area contributed by atoms with Gasteiger partial charge < -0.3 is 4.74 Å². The van der Waals surface area contributed by atoms with E-state index in [0.29, 0.717) is 0 Å². The topological polar surface area (TPSA) is 9.23 Å². The molecule has 218 valence electrons. The van der Waals surface area contributed by atoms with Gasteiger partial charge in [0.1, 0.15) is 11.9 Å². The predicted molar refractivity (Wildman–Crippen MR) is 198 cm³/mol. The van der Waals surface area contributed by atoms with Gasteiger partial charge in [-0.1, -0.05) is 140 Å². The Morgan fingerprint density at radius 2 is 1.02 bits per heavy atom. The average Bonchev–Trinajstić information content (AvgIpc) is 3.48. The SMILES string of the molecule is C1=c2ccccc2=CC2c3cc(-c4c5ccccc5c(-c5ccc6ccc7cccc8ccc5c6c78)c5ccccc45)ccc3OC12. The van der Waals surface area contributed by atoms with Crippen LogP contribution in [-0.4, -0.2) is 6.10 Å². The highest BCUT2D eigenvalue weighted by Gasteiger charge is 2.33. The van der Waals surface area contributed by atoms with Crippen LogP contribution in [0.1, 0.15) is 11.5 Å². The summed E-state index contributed by atoms with van der Waals surface area (Å²) in [6.07, 6.45) is 4.71. The summed E-state index contributed by atoms with van der Waals surface area (Å²) in [5.41, 5.74) is 6.36. The number of hydrogen-bond donors (Lipinski definition) is 0. The molecule has 1 heterocycles. The van der Waals surface area contributed by atoms with Crippen molar-refractivity contribution in [3.63, 3.8) is 0 Å². The molecule has 2 unspecified atom stereocenters. The van der Waals surface area contributed by atoms with E-state index in [9.17, 15) is 0 Å². The molecule has 2 aliphatic rings. The van der Waals surface area contributed by atoms with Gasteiger partial charge in [-0.25, -0.2) is 0 Å². The molecule has 11 rings (SSSR count). The zero-order chi connectivity index (χ0) is 30.6. The minimum absolute atomic E-state index is 0.0283. The summed E-state index contributed by atoms with van der Waals surface area (Å²) in [7, 11) is 0. The zero-order valence-electron chi connectivity index (χ0n) is 25.6. The Morgan fingerprint density at radius 3 is 1.74 bits per heavy atom. The summed E-state index contributed by atoms with van der Waals surface area (Å²) in [4.78, 5) is 0. The smallest absolute Gasteiger partial charge is 0.128 e. The molecule has 1 nitrogen and oxygen atoms in total. The van der Waals surface area contributed by atoms with E-state index < -0.39 is 0 Å². The summed E-state index contributed by atoms with van der Waals surface area (Å²) < 4.78 is 6.51. The van der Waals surface area contributed by atoms with Gasteiger partial charge in [-0.05, 0) is 105 Å². The maximum atomic E-state index is 6.51. The van der Waals surface area contributed by atoms with Crippen molar-refractivity contribution in [2.45, 2.75) is 12.0 Å². The first kappa shape index (κ1) is 25.3. The summed E-state index contributed by atoms with van der Waals surface area (Å²) in [6.45, 7) is 0. The van der Waals surface area contributed by atoms with Crippen molar-refractivity contribution in [1.82, 2.24) is 0 Å². The highest BCUT2D eigenvalue weighted by Crippen LogP contribution is 2.49. The normalized spacial score (nSPS) is 16.6. The first-order chi connectivity index (χ1) is 23.3. The summed E-state index contributed by atoms with van der Waals surface area (Å²) in [5.74, 6) is 1.19. The molecule has 0 amide bonds. The van der Waals surface area contributed by atoms with Crippen molar-refractivity contribution < 1.29 is 4.74 Å². The number of rotatable bonds is 2. The monoisotopic (exact) mass is 596 g/mol. The van der Waals surface area contributed by atoms with Gasteiger partial charge in [0.25, 0.3) is 0 Å². The van der Waals surface area contributed by atoms with E-state index >= 15 is 0 Å². The number of benzene rings is 9. The minimum atomic E-state index is 0.0283. The highest BCUT2D eigenvalue weighted by atomic mass is 16.5. The third-order valence-electron chi connectivity index (χ3n) is 10.7. The molecule has 0 spiro atoms. The number of hydrogen-bond acceptors (Lipinski definition) is 1. The van der Waals surface area contributed by atoms with Crippen LogP contribution in [0, 0.1) is 0 Å². The molecule has 1 aliphatic heterocycles. The van der Waals surface area contributed by atoms with E-state index in [0.717, 1.165) is 5.75 Å². The fourth-order valence-corrected chi connectivity index (χ4v) is 8.66. The molecule has 0 saturated carbocycles. The molecule has 0 aromatic heterocycles. The quantitative estimate of drug-likeness (QED) is 0.143. The summed E-state index contributed by atoms with van der Waals surface area (Å²) in [5, 5.41) is 15.5. The second kappa shape index (κ2) is 9.31. The van der Waals surface area contributed by atoms with Gasteiger partial charge in [-0.2, -0.15) is 0 Å². The van der Waals surface area contributed by atoms with E-state index in [-0.39, 0.29) is 12.0 Å². The van der Waals surface area contributed by atoms with Gasteiger partial charge in [0.15, 0.2) is 0 Å². The number of fused-ring (bicyclic) bond motifs is 6. The van der Waals surface area contributed by atoms with Crippen molar-refractivity contribution in [2.24, 2.45) is 0 Å². The third kappa shape index (κ3) is 3.49. The molecule has 2 atom stereocenters. The molecule has 1 aliphatic carbocycles. The number of ether oxygens (including phenoxy) is 1. The van der Waals surface area contributed by atoms with Crippen LogP contribution in [0.2, 0.25) is 0 Å². The molecule has 47 heavy (non-hydrogen) atoms. The zero-order valence-corrected chi connectivity index (χ0v) is 25.6. The van der Waals surface area contributed by atoms with Crippen molar-refractivity contribution in [2.75, 3.05) is 0 Å². The molecule has 0 bridgehead atoms. The van der Waals surface area contributed by atoms with Crippen molar-refractivity contribution in [3.8, 4) is 28.0 Å². The van der Waals surface area contributed by atoms with Crippen LogP contribution < -0.4 is 15.2 Å². The Morgan fingerprint density at radius 1 is 0.426 bits per heavy atom. The van der Waals surface area contributed by atoms with Crippen LogP contribution in [0.25, 0.3) is 88.3 Å². The molecular weight excluding hydrogens is 569 g/mol. The lowest BCUT2D eigenvalue weighted by Gasteiger charge is -2.20. The Labute approximate surface area is 271 Å². The minimum Gasteiger partial charge on any atom is -0.485 e. The second-order valence-electron chi connectivity index (χ2n) is 13.1. The van der Waals surface area contributed by atoms with Crippen molar-refractivity contribution in [1.29, 1.82) is 0 Å². The van der Waals surface area contributed by atoms with Gasteiger partial charge in [0.05, 0.1) is 0 Å². The maximum Gasteiger partial charge on any atom is 0.128 e. The van der Waals surface area contributed by atoms with Gasteiger partial charge in [-0.3, -0.25) is 0 Å². The largest absolute Gasteiger partial charge is 0.485 e. The summed E-state index contributed by atoms with van der Waals surface area (Å²) >= 11 is 0. The Kier molecular flexibility index (Phi) is 5.01. The maximum absolute atomic E-state index is 6.51. The van der Waals surface area contributed by atoms with E-state index in [4.69, 9.17) is 4.74 Å². The van der Waals surface area contributed by atoms with Gasteiger partial charge >= 0.3 is 0 Å². The fraction of sp³-hybridized carbons (Fsp3) is 0.0435. The lowest BCUT2D eigenvalue weighted by molar-refractivity contribution is 0.288. The van der Waals surface area contributed by atoms with Crippen LogP contribution in [0.4, 0.5) is 0 Å². The fourth-order valence-electron chi connectivity index (χ4n) is 8.66. The molecule has 1 heteroatoms. The van der Waals surface area contributed by atoms with Gasteiger partial charge in [-0.15, -0.1) is 0 Å². The first-order valence-electron chi connectivity index (χ1n) is 16.5. The Hall–Kier alpha value is -5.92. The standard InChI is InChI=1S/C46H28O/c1-2-9-31-26-42-40(24-30(31)8-1)39-25-32(20-23-41(39)47-42)44-33-12-3-5-14-35(33)46(36-15-6-4-13-34(36)44)38-22-19-29-17-16-27-10-7-11-28-18-21-37(38)45(29)43(27)28/h1-26,40,42H. The van der Waals surface area contributed by atoms with Crippen LogP contribution in [0.5, 0.6) is 5.75 Å². The van der Waals surface area contributed by atoms with E-state index in [1.807, 2.05) is 0 Å².